The minimum absolute atomic E-state index is 0. The van der Waals surface area contributed by atoms with Crippen molar-refractivity contribution in [2.45, 2.75) is 26.9 Å². The summed E-state index contributed by atoms with van der Waals surface area (Å²) in [5, 5.41) is 0. The van der Waals surface area contributed by atoms with Gasteiger partial charge in [-0.05, 0) is 19.1 Å². The molecule has 5 heteroatoms. The lowest BCUT2D eigenvalue weighted by molar-refractivity contribution is -0.667. The Morgan fingerprint density at radius 1 is 1.45 bits per heavy atom. The summed E-state index contributed by atoms with van der Waals surface area (Å²) >= 11 is 0. The van der Waals surface area contributed by atoms with Gasteiger partial charge in [0.25, 0.3) is 5.82 Å². The maximum absolute atomic E-state index is 11.8. The number of carbonyl (C=O) groups excluding carboxylic acids is 1. The first kappa shape index (κ1) is 16.2. The number of aromatic nitrogens is 2. The molecule has 0 saturated carbocycles. The normalized spacial score (nSPS) is 10.1. The van der Waals surface area contributed by atoms with E-state index in [0.717, 1.165) is 23.4 Å². The molecule has 2 aromatic rings. The fourth-order valence-corrected chi connectivity index (χ4v) is 2.34. The van der Waals surface area contributed by atoms with E-state index in [2.05, 4.69) is 24.1 Å². The number of hydrogen-bond donors (Lipinski definition) is 0. The van der Waals surface area contributed by atoms with Gasteiger partial charge in [-0.1, -0.05) is 24.8 Å². The molecule has 1 heterocycles. The number of rotatable bonds is 5. The van der Waals surface area contributed by atoms with E-state index in [1.54, 1.807) is 6.08 Å². The van der Waals surface area contributed by atoms with Crippen LogP contribution < -0.4 is 17.0 Å². The van der Waals surface area contributed by atoms with E-state index >= 15 is 0 Å². The molecule has 0 spiro atoms. The van der Waals surface area contributed by atoms with E-state index in [9.17, 15) is 4.79 Å². The van der Waals surface area contributed by atoms with Gasteiger partial charge in [0, 0.05) is 6.92 Å². The number of hydrogen-bond acceptors (Lipinski definition) is 2. The number of ether oxygens (including phenoxy) is 1. The first-order chi connectivity index (χ1) is 9.19. The highest BCUT2D eigenvalue weighted by Crippen LogP contribution is 2.13. The molecule has 2 rings (SSSR count). The van der Waals surface area contributed by atoms with Crippen LogP contribution in [0.1, 0.15) is 12.7 Å². The van der Waals surface area contributed by atoms with Gasteiger partial charge in [-0.15, -0.1) is 0 Å². The molecule has 0 unspecified atom stereocenters. The van der Waals surface area contributed by atoms with E-state index in [4.69, 9.17) is 4.74 Å². The van der Waals surface area contributed by atoms with Crippen LogP contribution in [0.4, 0.5) is 0 Å². The van der Waals surface area contributed by atoms with Crippen LogP contribution in [-0.4, -0.2) is 17.1 Å². The Balaban J connectivity index is 0.00000200. The number of imidazole rings is 1. The zero-order valence-electron chi connectivity index (χ0n) is 11.8. The fourth-order valence-electron chi connectivity index (χ4n) is 2.34. The average molecular weight is 295 g/mol. The topological polar surface area (TPSA) is 35.1 Å². The summed E-state index contributed by atoms with van der Waals surface area (Å²) in [6.45, 7) is 9.01. The van der Waals surface area contributed by atoms with Crippen LogP contribution in [0.15, 0.2) is 36.9 Å². The van der Waals surface area contributed by atoms with Crippen LogP contribution in [0.25, 0.3) is 11.0 Å². The van der Waals surface area contributed by atoms with Crippen molar-refractivity contribution in [3.05, 3.63) is 42.7 Å². The summed E-state index contributed by atoms with van der Waals surface area (Å²) in [5.41, 5.74) is 2.19. The zero-order valence-corrected chi connectivity index (χ0v) is 12.6. The Hall–Kier alpha value is -1.81. The standard InChI is InChI=1S/C15H19N2O2.ClH/c1-4-10-19-15(18)11-17-12(3)16(5-2)13-8-6-7-9-14(13)17;/h4,6-9H,1,5,10-11H2,2-3H3;1H/q+1;/p-1. The number of benzene rings is 1. The van der Waals surface area contributed by atoms with Gasteiger partial charge in [-0.3, -0.25) is 0 Å². The quantitative estimate of drug-likeness (QED) is 0.402. The van der Waals surface area contributed by atoms with Crippen molar-refractivity contribution < 1.29 is 26.5 Å². The van der Waals surface area contributed by atoms with Gasteiger partial charge in [-0.25, -0.2) is 13.9 Å². The Kier molecular flexibility index (Phi) is 5.77. The van der Waals surface area contributed by atoms with Crippen molar-refractivity contribution in [3.8, 4) is 0 Å². The lowest BCUT2D eigenvalue weighted by atomic mass is 10.3. The van der Waals surface area contributed by atoms with Crippen LogP contribution in [-0.2, 0) is 22.6 Å². The predicted octanol–water partition coefficient (Wildman–Crippen LogP) is -1.01. The molecule has 20 heavy (non-hydrogen) atoms. The first-order valence-corrected chi connectivity index (χ1v) is 6.43. The summed E-state index contributed by atoms with van der Waals surface area (Å²) in [5.74, 6) is 0.811. The van der Waals surface area contributed by atoms with E-state index in [1.807, 2.05) is 29.7 Å². The van der Waals surface area contributed by atoms with Crippen LogP contribution in [0.2, 0.25) is 0 Å². The summed E-state index contributed by atoms with van der Waals surface area (Å²) in [6.07, 6.45) is 1.57. The van der Waals surface area contributed by atoms with Gasteiger partial charge in [-0.2, -0.15) is 0 Å². The molecule has 1 aromatic carbocycles. The Labute approximate surface area is 125 Å². The summed E-state index contributed by atoms with van der Waals surface area (Å²) in [4.78, 5) is 11.8. The highest BCUT2D eigenvalue weighted by Gasteiger charge is 2.22. The Morgan fingerprint density at radius 2 is 2.15 bits per heavy atom. The molecule has 108 valence electrons. The molecular formula is C15H19ClN2O2. The molecule has 0 atom stereocenters. The first-order valence-electron chi connectivity index (χ1n) is 6.43. The van der Waals surface area contributed by atoms with Crippen LogP contribution >= 0.6 is 0 Å². The van der Waals surface area contributed by atoms with Gasteiger partial charge in [0.1, 0.15) is 6.61 Å². The van der Waals surface area contributed by atoms with Crippen molar-refractivity contribution >= 4 is 17.0 Å². The molecule has 4 nitrogen and oxygen atoms in total. The Bertz CT molecular complexity index is 620. The van der Waals surface area contributed by atoms with Gasteiger partial charge in [0.15, 0.2) is 17.6 Å². The van der Waals surface area contributed by atoms with Crippen LogP contribution in [0, 0.1) is 6.92 Å². The van der Waals surface area contributed by atoms with Crippen LogP contribution in [0.5, 0.6) is 0 Å². The molecule has 0 N–H and O–H groups in total. The van der Waals surface area contributed by atoms with E-state index in [0.29, 0.717) is 0 Å². The second-order valence-corrected chi connectivity index (χ2v) is 4.34. The third-order valence-corrected chi connectivity index (χ3v) is 3.21. The Morgan fingerprint density at radius 3 is 2.80 bits per heavy atom. The lowest BCUT2D eigenvalue weighted by Crippen LogP contribution is -3.00. The fraction of sp³-hybridized carbons (Fsp3) is 0.333. The van der Waals surface area contributed by atoms with Crippen molar-refractivity contribution in [2.75, 3.05) is 6.61 Å². The number of esters is 1. The average Bonchev–Trinajstić information content (AvgIpc) is 2.69. The van der Waals surface area contributed by atoms with Crippen molar-refractivity contribution in [3.63, 3.8) is 0 Å². The molecule has 0 aliphatic heterocycles. The van der Waals surface area contributed by atoms with Crippen LogP contribution in [0.3, 0.4) is 0 Å². The molecule has 0 bridgehead atoms. The minimum Gasteiger partial charge on any atom is -1.00 e. The largest absolute Gasteiger partial charge is 1.00 e. The third-order valence-electron chi connectivity index (χ3n) is 3.21. The zero-order chi connectivity index (χ0) is 13.8. The van der Waals surface area contributed by atoms with Gasteiger partial charge < -0.3 is 17.1 Å². The summed E-state index contributed by atoms with van der Waals surface area (Å²) < 4.78 is 9.24. The molecule has 0 fully saturated rings. The highest BCUT2D eigenvalue weighted by atomic mass is 35.5. The third kappa shape index (κ3) is 3.02. The maximum atomic E-state index is 11.8. The number of para-hydroxylation sites is 2. The predicted molar refractivity (Wildman–Crippen MR) is 73.7 cm³/mol. The molecule has 0 amide bonds. The van der Waals surface area contributed by atoms with Crippen molar-refractivity contribution in [1.29, 1.82) is 0 Å². The van der Waals surface area contributed by atoms with E-state index in [-0.39, 0.29) is 31.5 Å². The number of nitrogens with zero attached hydrogens (tertiary/aromatic N) is 2. The summed E-state index contributed by atoms with van der Waals surface area (Å²) in [6, 6.07) is 8.08. The highest BCUT2D eigenvalue weighted by molar-refractivity contribution is 5.74. The number of fused-ring (bicyclic) bond motifs is 1. The lowest BCUT2D eigenvalue weighted by Gasteiger charge is -2.01. The molecule has 0 aliphatic carbocycles. The van der Waals surface area contributed by atoms with Crippen molar-refractivity contribution in [2.24, 2.45) is 0 Å². The van der Waals surface area contributed by atoms with E-state index < -0.39 is 0 Å². The second kappa shape index (κ2) is 7.10. The van der Waals surface area contributed by atoms with Crippen molar-refractivity contribution in [1.82, 2.24) is 4.57 Å². The molecule has 0 saturated heterocycles. The number of carbonyl (C=O) groups is 1. The number of aryl methyl sites for hydroxylation is 1. The second-order valence-electron chi connectivity index (χ2n) is 4.34. The minimum atomic E-state index is -0.244. The maximum Gasteiger partial charge on any atom is 0.348 e. The smallest absolute Gasteiger partial charge is 0.348 e. The summed E-state index contributed by atoms with van der Waals surface area (Å²) in [7, 11) is 0. The molecule has 0 radical (unpaired) electrons. The monoisotopic (exact) mass is 294 g/mol. The molecule has 0 aliphatic rings. The van der Waals surface area contributed by atoms with Gasteiger partial charge in [0.05, 0.1) is 6.54 Å². The molecule has 1 aromatic heterocycles. The van der Waals surface area contributed by atoms with E-state index in [1.165, 1.54) is 0 Å². The molecular weight excluding hydrogens is 276 g/mol. The number of halogens is 1. The van der Waals surface area contributed by atoms with Gasteiger partial charge >= 0.3 is 5.97 Å². The SMILES string of the molecule is C=CCOC(=O)C[n+]1c(C)n(CC)c2ccccc21.[Cl-]. The van der Waals surface area contributed by atoms with Gasteiger partial charge in [0.2, 0.25) is 0 Å².